The number of fused-ring (bicyclic) bond motifs is 2. The van der Waals surface area contributed by atoms with Crippen molar-refractivity contribution in [3.05, 3.63) is 35.5 Å². The standard InChI is InChI=1S/C16H19NO/c1-10(2)12-5-6-13-9-16-14(17-15(13)8-12)7-4-11(3)18-16/h5-6,8-11H,4,7H2,1-3H3/t11-/m1/s1. The van der Waals surface area contributed by atoms with Crippen LogP contribution >= 0.6 is 0 Å². The summed E-state index contributed by atoms with van der Waals surface area (Å²) in [7, 11) is 0. The minimum Gasteiger partial charge on any atom is -0.489 e. The average molecular weight is 241 g/mol. The predicted octanol–water partition coefficient (Wildman–Crippen LogP) is 4.07. The highest BCUT2D eigenvalue weighted by atomic mass is 16.5. The van der Waals surface area contributed by atoms with Gasteiger partial charge in [-0.25, -0.2) is 4.98 Å². The molecule has 0 radical (unpaired) electrons. The monoisotopic (exact) mass is 241 g/mol. The molecule has 18 heavy (non-hydrogen) atoms. The third-order valence-corrected chi connectivity index (χ3v) is 3.66. The summed E-state index contributed by atoms with van der Waals surface area (Å²) >= 11 is 0. The molecule has 2 heteroatoms. The van der Waals surface area contributed by atoms with Gasteiger partial charge < -0.3 is 4.74 Å². The first-order chi connectivity index (χ1) is 8.63. The fourth-order valence-electron chi connectivity index (χ4n) is 2.46. The highest BCUT2D eigenvalue weighted by Gasteiger charge is 2.18. The van der Waals surface area contributed by atoms with Crippen LogP contribution < -0.4 is 4.74 Å². The van der Waals surface area contributed by atoms with Gasteiger partial charge in [0.15, 0.2) is 0 Å². The first kappa shape index (κ1) is 11.5. The van der Waals surface area contributed by atoms with E-state index in [1.165, 1.54) is 10.9 Å². The summed E-state index contributed by atoms with van der Waals surface area (Å²) < 4.78 is 5.86. The largest absolute Gasteiger partial charge is 0.489 e. The Labute approximate surface area is 108 Å². The van der Waals surface area contributed by atoms with Crippen LogP contribution in [0.3, 0.4) is 0 Å². The predicted molar refractivity (Wildman–Crippen MR) is 74.2 cm³/mol. The van der Waals surface area contributed by atoms with Crippen LogP contribution in [0.25, 0.3) is 10.9 Å². The van der Waals surface area contributed by atoms with E-state index in [-0.39, 0.29) is 0 Å². The molecular weight excluding hydrogens is 222 g/mol. The summed E-state index contributed by atoms with van der Waals surface area (Å²) in [6.45, 7) is 6.55. The molecule has 94 valence electrons. The molecular formula is C16H19NO. The van der Waals surface area contributed by atoms with Crippen LogP contribution in [-0.2, 0) is 6.42 Å². The molecule has 0 saturated heterocycles. The highest BCUT2D eigenvalue weighted by molar-refractivity contribution is 5.81. The molecule has 0 bridgehead atoms. The molecule has 0 spiro atoms. The van der Waals surface area contributed by atoms with E-state index in [1.807, 2.05) is 0 Å². The lowest BCUT2D eigenvalue weighted by molar-refractivity contribution is 0.190. The van der Waals surface area contributed by atoms with Crippen LogP contribution in [0.1, 0.15) is 44.4 Å². The number of hydrogen-bond acceptors (Lipinski definition) is 2. The van der Waals surface area contributed by atoms with Crippen LogP contribution in [0.15, 0.2) is 24.3 Å². The maximum absolute atomic E-state index is 5.86. The summed E-state index contributed by atoms with van der Waals surface area (Å²) in [5.74, 6) is 1.52. The van der Waals surface area contributed by atoms with Crippen molar-refractivity contribution in [1.82, 2.24) is 4.98 Å². The Hall–Kier alpha value is -1.57. The van der Waals surface area contributed by atoms with E-state index >= 15 is 0 Å². The summed E-state index contributed by atoms with van der Waals surface area (Å²) in [5.41, 5.74) is 3.56. The van der Waals surface area contributed by atoms with E-state index in [2.05, 4.69) is 45.0 Å². The van der Waals surface area contributed by atoms with Gasteiger partial charge in [0.2, 0.25) is 0 Å². The number of aromatic nitrogens is 1. The Kier molecular flexibility index (Phi) is 2.73. The SMILES string of the molecule is CC(C)c1ccc2cc3c(nc2c1)CC[C@@H](C)O3. The van der Waals surface area contributed by atoms with E-state index in [0.717, 1.165) is 29.8 Å². The topological polar surface area (TPSA) is 22.1 Å². The molecule has 2 nitrogen and oxygen atoms in total. The second-order valence-corrected chi connectivity index (χ2v) is 5.51. The molecule has 1 atom stereocenters. The van der Waals surface area contributed by atoms with Crippen molar-refractivity contribution in [2.75, 3.05) is 0 Å². The van der Waals surface area contributed by atoms with Crippen molar-refractivity contribution in [2.24, 2.45) is 0 Å². The molecule has 0 saturated carbocycles. The molecule has 2 aromatic rings. The second kappa shape index (κ2) is 4.27. The van der Waals surface area contributed by atoms with Crippen molar-refractivity contribution in [3.8, 4) is 5.75 Å². The summed E-state index contributed by atoms with van der Waals surface area (Å²) in [5, 5.41) is 1.17. The Balaban J connectivity index is 2.12. The van der Waals surface area contributed by atoms with Crippen LogP contribution in [0.2, 0.25) is 0 Å². The zero-order valence-corrected chi connectivity index (χ0v) is 11.2. The third kappa shape index (κ3) is 1.96. The van der Waals surface area contributed by atoms with Crippen LogP contribution in [0.5, 0.6) is 5.75 Å². The lowest BCUT2D eigenvalue weighted by Crippen LogP contribution is -2.19. The fourth-order valence-corrected chi connectivity index (χ4v) is 2.46. The zero-order valence-electron chi connectivity index (χ0n) is 11.2. The number of nitrogens with zero attached hydrogens (tertiary/aromatic N) is 1. The number of ether oxygens (including phenoxy) is 1. The van der Waals surface area contributed by atoms with Gasteiger partial charge in [0, 0.05) is 5.39 Å². The van der Waals surface area contributed by atoms with Crippen molar-refractivity contribution in [2.45, 2.75) is 45.6 Å². The molecule has 1 aromatic carbocycles. The van der Waals surface area contributed by atoms with Gasteiger partial charge >= 0.3 is 0 Å². The van der Waals surface area contributed by atoms with E-state index in [0.29, 0.717) is 12.0 Å². The van der Waals surface area contributed by atoms with Crippen LogP contribution in [-0.4, -0.2) is 11.1 Å². The van der Waals surface area contributed by atoms with Crippen LogP contribution in [0, 0.1) is 0 Å². The number of rotatable bonds is 1. The molecule has 0 aliphatic carbocycles. The molecule has 1 aromatic heterocycles. The van der Waals surface area contributed by atoms with Gasteiger partial charge in [-0.2, -0.15) is 0 Å². The summed E-state index contributed by atoms with van der Waals surface area (Å²) in [4.78, 5) is 4.77. The Morgan fingerprint density at radius 1 is 1.28 bits per heavy atom. The van der Waals surface area contributed by atoms with Gasteiger partial charge in [0.25, 0.3) is 0 Å². The van der Waals surface area contributed by atoms with E-state index in [1.54, 1.807) is 0 Å². The van der Waals surface area contributed by atoms with Gasteiger partial charge in [-0.1, -0.05) is 26.0 Å². The Bertz CT molecular complexity index is 589. The Morgan fingerprint density at radius 3 is 2.89 bits per heavy atom. The molecule has 0 amide bonds. The van der Waals surface area contributed by atoms with Gasteiger partial charge in [-0.3, -0.25) is 0 Å². The van der Waals surface area contributed by atoms with Gasteiger partial charge in [0.1, 0.15) is 5.75 Å². The quantitative estimate of drug-likeness (QED) is 0.750. The normalized spacial score (nSPS) is 18.8. The number of pyridine rings is 1. The van der Waals surface area contributed by atoms with Gasteiger partial charge in [-0.05, 0) is 43.4 Å². The highest BCUT2D eigenvalue weighted by Crippen LogP contribution is 2.30. The number of benzene rings is 1. The van der Waals surface area contributed by atoms with Crippen LogP contribution in [0.4, 0.5) is 0 Å². The van der Waals surface area contributed by atoms with Crippen molar-refractivity contribution in [1.29, 1.82) is 0 Å². The summed E-state index contributed by atoms with van der Waals surface area (Å²) in [6.07, 6.45) is 2.40. The van der Waals surface area contributed by atoms with E-state index < -0.39 is 0 Å². The first-order valence-electron chi connectivity index (χ1n) is 6.73. The molecule has 1 aliphatic heterocycles. The third-order valence-electron chi connectivity index (χ3n) is 3.66. The molecule has 0 unspecified atom stereocenters. The second-order valence-electron chi connectivity index (χ2n) is 5.51. The minimum absolute atomic E-state index is 0.312. The average Bonchev–Trinajstić information content (AvgIpc) is 2.35. The first-order valence-corrected chi connectivity index (χ1v) is 6.73. The maximum Gasteiger partial charge on any atom is 0.141 e. The minimum atomic E-state index is 0.312. The molecule has 1 aliphatic rings. The summed E-state index contributed by atoms with van der Waals surface area (Å²) in [6, 6.07) is 8.68. The van der Waals surface area contributed by atoms with Crippen molar-refractivity contribution in [3.63, 3.8) is 0 Å². The number of hydrogen-bond donors (Lipinski definition) is 0. The van der Waals surface area contributed by atoms with Gasteiger partial charge in [-0.15, -0.1) is 0 Å². The molecule has 3 rings (SSSR count). The zero-order chi connectivity index (χ0) is 12.7. The smallest absolute Gasteiger partial charge is 0.141 e. The Morgan fingerprint density at radius 2 is 2.11 bits per heavy atom. The molecule has 0 N–H and O–H groups in total. The van der Waals surface area contributed by atoms with E-state index in [9.17, 15) is 0 Å². The lowest BCUT2D eigenvalue weighted by Gasteiger charge is -2.23. The molecule has 0 fully saturated rings. The molecule has 2 heterocycles. The van der Waals surface area contributed by atoms with E-state index in [4.69, 9.17) is 9.72 Å². The van der Waals surface area contributed by atoms with Crippen molar-refractivity contribution >= 4 is 10.9 Å². The lowest BCUT2D eigenvalue weighted by atomic mass is 10.0. The maximum atomic E-state index is 5.86. The number of aryl methyl sites for hydroxylation is 1. The van der Waals surface area contributed by atoms with Gasteiger partial charge in [0.05, 0.1) is 17.3 Å². The fraction of sp³-hybridized carbons (Fsp3) is 0.438. The van der Waals surface area contributed by atoms with Crippen molar-refractivity contribution < 1.29 is 4.74 Å².